The van der Waals surface area contributed by atoms with Crippen LogP contribution in [0, 0.1) is 0 Å². The van der Waals surface area contributed by atoms with Crippen molar-refractivity contribution in [1.82, 2.24) is 10.1 Å². The summed E-state index contributed by atoms with van der Waals surface area (Å²) in [5.41, 5.74) is 1.90. The number of carbonyl (C=O) groups excluding carboxylic acids is 2. The SMILES string of the molecule is O=C1c2ccccc2C(=O)N1Cc1noc2cc(Cl)ccc12. The summed E-state index contributed by atoms with van der Waals surface area (Å²) in [7, 11) is 0. The van der Waals surface area contributed by atoms with E-state index in [9.17, 15) is 9.59 Å². The van der Waals surface area contributed by atoms with Gasteiger partial charge in [0.15, 0.2) is 5.58 Å². The third-order valence-electron chi connectivity index (χ3n) is 3.69. The van der Waals surface area contributed by atoms with Gasteiger partial charge in [-0.25, -0.2) is 0 Å². The molecule has 22 heavy (non-hydrogen) atoms. The van der Waals surface area contributed by atoms with Gasteiger partial charge in [-0.1, -0.05) is 28.9 Å². The number of halogens is 1. The van der Waals surface area contributed by atoms with Crippen LogP contribution in [0.4, 0.5) is 0 Å². The number of hydrogen-bond acceptors (Lipinski definition) is 4. The zero-order valence-electron chi connectivity index (χ0n) is 11.2. The topological polar surface area (TPSA) is 63.4 Å². The van der Waals surface area contributed by atoms with Crippen LogP contribution in [0.1, 0.15) is 26.4 Å². The van der Waals surface area contributed by atoms with Crippen molar-refractivity contribution in [3.63, 3.8) is 0 Å². The van der Waals surface area contributed by atoms with Crippen molar-refractivity contribution in [2.24, 2.45) is 0 Å². The average molecular weight is 313 g/mol. The van der Waals surface area contributed by atoms with Gasteiger partial charge in [0.05, 0.1) is 17.7 Å². The summed E-state index contributed by atoms with van der Waals surface area (Å²) < 4.78 is 5.20. The third-order valence-corrected chi connectivity index (χ3v) is 3.93. The molecule has 5 nitrogen and oxygen atoms in total. The molecule has 1 aliphatic heterocycles. The van der Waals surface area contributed by atoms with Gasteiger partial charge in [0.2, 0.25) is 0 Å². The van der Waals surface area contributed by atoms with E-state index in [1.807, 2.05) is 0 Å². The first kappa shape index (κ1) is 13.0. The van der Waals surface area contributed by atoms with Gasteiger partial charge < -0.3 is 4.52 Å². The molecule has 0 bridgehead atoms. The Morgan fingerprint density at radius 2 is 1.73 bits per heavy atom. The van der Waals surface area contributed by atoms with E-state index in [0.29, 0.717) is 27.4 Å². The largest absolute Gasteiger partial charge is 0.356 e. The number of rotatable bonds is 2. The van der Waals surface area contributed by atoms with Gasteiger partial charge in [0.1, 0.15) is 5.69 Å². The molecule has 0 saturated heterocycles. The van der Waals surface area contributed by atoms with Crippen molar-refractivity contribution in [3.05, 3.63) is 64.3 Å². The lowest BCUT2D eigenvalue weighted by atomic mass is 10.1. The van der Waals surface area contributed by atoms with Crippen LogP contribution in [0.5, 0.6) is 0 Å². The van der Waals surface area contributed by atoms with Gasteiger partial charge in [0.25, 0.3) is 11.8 Å². The van der Waals surface area contributed by atoms with Crippen LogP contribution in [0.25, 0.3) is 11.0 Å². The predicted molar refractivity (Wildman–Crippen MR) is 79.7 cm³/mol. The Kier molecular flexibility index (Phi) is 2.77. The van der Waals surface area contributed by atoms with E-state index in [2.05, 4.69) is 5.16 Å². The highest BCUT2D eigenvalue weighted by atomic mass is 35.5. The number of imide groups is 1. The maximum atomic E-state index is 12.3. The lowest BCUT2D eigenvalue weighted by Gasteiger charge is -2.11. The second kappa shape index (κ2) is 4.68. The minimum atomic E-state index is -0.314. The molecule has 0 radical (unpaired) electrons. The monoisotopic (exact) mass is 312 g/mol. The Labute approximate surface area is 130 Å². The van der Waals surface area contributed by atoms with E-state index >= 15 is 0 Å². The minimum Gasteiger partial charge on any atom is -0.356 e. The summed E-state index contributed by atoms with van der Waals surface area (Å²) in [4.78, 5) is 25.9. The fourth-order valence-electron chi connectivity index (χ4n) is 2.61. The molecule has 2 heterocycles. The molecule has 0 saturated carbocycles. The molecule has 6 heteroatoms. The first-order chi connectivity index (χ1) is 10.6. The summed E-state index contributed by atoms with van der Waals surface area (Å²) in [6.45, 7) is 0.0704. The summed E-state index contributed by atoms with van der Waals surface area (Å²) in [5, 5.41) is 5.23. The average Bonchev–Trinajstić information content (AvgIpc) is 3.02. The second-order valence-electron chi connectivity index (χ2n) is 5.01. The smallest absolute Gasteiger partial charge is 0.261 e. The van der Waals surface area contributed by atoms with Crippen molar-refractivity contribution >= 4 is 34.4 Å². The fourth-order valence-corrected chi connectivity index (χ4v) is 2.77. The van der Waals surface area contributed by atoms with E-state index in [1.165, 1.54) is 4.90 Å². The van der Waals surface area contributed by atoms with Gasteiger partial charge in [-0.15, -0.1) is 0 Å². The zero-order valence-corrected chi connectivity index (χ0v) is 12.0. The Hall–Kier alpha value is -2.66. The first-order valence-electron chi connectivity index (χ1n) is 6.64. The van der Waals surface area contributed by atoms with Gasteiger partial charge in [-0.05, 0) is 24.3 Å². The Bertz CT molecular complexity index is 897. The molecule has 1 aromatic heterocycles. The second-order valence-corrected chi connectivity index (χ2v) is 5.45. The maximum absolute atomic E-state index is 12.3. The summed E-state index contributed by atoms with van der Waals surface area (Å²) in [6.07, 6.45) is 0. The zero-order chi connectivity index (χ0) is 15.3. The minimum absolute atomic E-state index is 0.0704. The number of benzene rings is 2. The van der Waals surface area contributed by atoms with Crippen molar-refractivity contribution < 1.29 is 14.1 Å². The van der Waals surface area contributed by atoms with Crippen LogP contribution in [0.3, 0.4) is 0 Å². The Balaban J connectivity index is 1.72. The van der Waals surface area contributed by atoms with Crippen LogP contribution in [0.2, 0.25) is 5.02 Å². The molecule has 3 aromatic rings. The maximum Gasteiger partial charge on any atom is 0.261 e. The fraction of sp³-hybridized carbons (Fsp3) is 0.0625. The number of amides is 2. The highest BCUT2D eigenvalue weighted by Crippen LogP contribution is 2.27. The molecule has 0 unspecified atom stereocenters. The number of carbonyl (C=O) groups is 2. The van der Waals surface area contributed by atoms with E-state index in [4.69, 9.17) is 16.1 Å². The number of hydrogen-bond donors (Lipinski definition) is 0. The highest BCUT2D eigenvalue weighted by molar-refractivity contribution is 6.31. The standard InChI is InChI=1S/C16H9ClN2O3/c17-9-5-6-12-13(18-22-14(12)7-9)8-19-15(20)10-3-1-2-4-11(10)16(19)21/h1-7H,8H2. The number of fused-ring (bicyclic) bond motifs is 2. The van der Waals surface area contributed by atoms with E-state index in [1.54, 1.807) is 42.5 Å². The van der Waals surface area contributed by atoms with Crippen molar-refractivity contribution in [2.45, 2.75) is 6.54 Å². The molecule has 4 rings (SSSR count). The van der Waals surface area contributed by atoms with Crippen molar-refractivity contribution in [3.8, 4) is 0 Å². The molecule has 0 aliphatic carbocycles. The van der Waals surface area contributed by atoms with E-state index < -0.39 is 0 Å². The molecule has 2 aromatic carbocycles. The lowest BCUT2D eigenvalue weighted by molar-refractivity contribution is 0.0640. The van der Waals surface area contributed by atoms with Crippen molar-refractivity contribution in [1.29, 1.82) is 0 Å². The summed E-state index contributed by atoms with van der Waals surface area (Å²) >= 11 is 5.90. The Morgan fingerprint density at radius 1 is 1.05 bits per heavy atom. The normalized spacial score (nSPS) is 14.0. The van der Waals surface area contributed by atoms with Crippen LogP contribution in [-0.4, -0.2) is 21.9 Å². The first-order valence-corrected chi connectivity index (χ1v) is 7.02. The third kappa shape index (κ3) is 1.83. The Morgan fingerprint density at radius 3 is 2.41 bits per heavy atom. The lowest BCUT2D eigenvalue weighted by Crippen LogP contribution is -2.29. The van der Waals surface area contributed by atoms with Gasteiger partial charge in [-0.2, -0.15) is 0 Å². The number of aromatic nitrogens is 1. The van der Waals surface area contributed by atoms with Crippen LogP contribution in [0.15, 0.2) is 47.0 Å². The molecular weight excluding hydrogens is 304 g/mol. The molecule has 108 valence electrons. The van der Waals surface area contributed by atoms with E-state index in [0.717, 1.165) is 5.39 Å². The van der Waals surface area contributed by atoms with Crippen LogP contribution >= 0.6 is 11.6 Å². The molecule has 0 N–H and O–H groups in total. The van der Waals surface area contributed by atoms with Crippen LogP contribution < -0.4 is 0 Å². The summed E-state index contributed by atoms with van der Waals surface area (Å²) in [5.74, 6) is -0.628. The van der Waals surface area contributed by atoms with Crippen LogP contribution in [-0.2, 0) is 6.54 Å². The molecule has 0 spiro atoms. The van der Waals surface area contributed by atoms with Gasteiger partial charge >= 0.3 is 0 Å². The van der Waals surface area contributed by atoms with Crippen molar-refractivity contribution in [2.75, 3.05) is 0 Å². The molecular formula is C16H9ClN2O3. The highest BCUT2D eigenvalue weighted by Gasteiger charge is 2.35. The molecule has 0 fully saturated rings. The molecule has 2 amide bonds. The van der Waals surface area contributed by atoms with Gasteiger partial charge in [-0.3, -0.25) is 14.5 Å². The molecule has 1 aliphatic rings. The number of nitrogens with zero attached hydrogens (tertiary/aromatic N) is 2. The summed E-state index contributed by atoms with van der Waals surface area (Å²) in [6, 6.07) is 11.9. The van der Waals surface area contributed by atoms with Gasteiger partial charge in [0, 0.05) is 16.5 Å². The van der Waals surface area contributed by atoms with E-state index in [-0.39, 0.29) is 18.4 Å². The predicted octanol–water partition coefficient (Wildman–Crippen LogP) is 3.28. The molecule has 0 atom stereocenters. The quantitative estimate of drug-likeness (QED) is 0.681.